The number of nitrogens with one attached hydrogen (secondary N) is 2. The summed E-state index contributed by atoms with van der Waals surface area (Å²) in [4.78, 5) is 16.9. The number of piperidine rings is 1. The second-order valence-electron chi connectivity index (χ2n) is 7.23. The first-order valence-corrected chi connectivity index (χ1v) is 9.34. The molecule has 1 saturated heterocycles. The lowest BCUT2D eigenvalue weighted by Gasteiger charge is -2.27. The second-order valence-corrected chi connectivity index (χ2v) is 7.23. The van der Waals surface area contributed by atoms with E-state index in [1.807, 2.05) is 12.1 Å². The SMILES string of the molecule is C[C@H]1C[C@@H](C(=O)Nc2ncccc2OCC2CCCCC2)CCN1.Cl. The van der Waals surface area contributed by atoms with Gasteiger partial charge in [-0.2, -0.15) is 0 Å². The number of pyridine rings is 1. The Balaban J connectivity index is 0.00000225. The molecule has 0 radical (unpaired) electrons. The molecule has 2 aliphatic rings. The third kappa shape index (κ3) is 5.86. The van der Waals surface area contributed by atoms with Crippen LogP contribution in [-0.2, 0) is 4.79 Å². The van der Waals surface area contributed by atoms with Gasteiger partial charge in [-0.25, -0.2) is 4.98 Å². The largest absolute Gasteiger partial charge is 0.489 e. The highest BCUT2D eigenvalue weighted by atomic mass is 35.5. The normalized spacial score (nSPS) is 24.2. The summed E-state index contributed by atoms with van der Waals surface area (Å²) in [5.41, 5.74) is 0. The summed E-state index contributed by atoms with van der Waals surface area (Å²) in [5.74, 6) is 2.00. The fourth-order valence-electron chi connectivity index (χ4n) is 3.75. The molecule has 3 rings (SSSR count). The zero-order chi connectivity index (χ0) is 16.8. The number of carbonyl (C=O) groups is 1. The van der Waals surface area contributed by atoms with Gasteiger partial charge in [0.05, 0.1) is 6.61 Å². The molecule has 25 heavy (non-hydrogen) atoms. The van der Waals surface area contributed by atoms with Gasteiger partial charge < -0.3 is 15.4 Å². The summed E-state index contributed by atoms with van der Waals surface area (Å²) in [6.07, 6.45) is 9.90. The Kier molecular flexibility index (Phi) is 7.97. The van der Waals surface area contributed by atoms with Gasteiger partial charge in [0, 0.05) is 18.2 Å². The molecule has 2 atom stereocenters. The quantitative estimate of drug-likeness (QED) is 0.831. The van der Waals surface area contributed by atoms with Crippen molar-refractivity contribution in [2.45, 2.75) is 57.9 Å². The summed E-state index contributed by atoms with van der Waals surface area (Å²) in [6.45, 7) is 3.74. The number of halogens is 1. The minimum atomic E-state index is 0. The van der Waals surface area contributed by atoms with Crippen molar-refractivity contribution in [1.29, 1.82) is 0 Å². The van der Waals surface area contributed by atoms with Crippen LogP contribution in [0.3, 0.4) is 0 Å². The number of aromatic nitrogens is 1. The van der Waals surface area contributed by atoms with Crippen LogP contribution in [0.15, 0.2) is 18.3 Å². The fraction of sp³-hybridized carbons (Fsp3) is 0.684. The maximum Gasteiger partial charge on any atom is 0.228 e. The van der Waals surface area contributed by atoms with Gasteiger partial charge >= 0.3 is 0 Å². The second kappa shape index (κ2) is 9.97. The number of anilines is 1. The molecule has 1 saturated carbocycles. The molecule has 2 N–H and O–H groups in total. The van der Waals surface area contributed by atoms with Crippen LogP contribution < -0.4 is 15.4 Å². The van der Waals surface area contributed by atoms with Gasteiger partial charge in [0.2, 0.25) is 5.91 Å². The van der Waals surface area contributed by atoms with Crippen LogP contribution >= 0.6 is 12.4 Å². The van der Waals surface area contributed by atoms with Crippen LogP contribution in [0.1, 0.15) is 51.9 Å². The van der Waals surface area contributed by atoms with Crippen LogP contribution in [0.25, 0.3) is 0 Å². The lowest BCUT2D eigenvalue weighted by atomic mass is 9.90. The molecular formula is C19H30ClN3O2. The van der Waals surface area contributed by atoms with E-state index in [-0.39, 0.29) is 24.2 Å². The lowest BCUT2D eigenvalue weighted by molar-refractivity contribution is -0.120. The fourth-order valence-corrected chi connectivity index (χ4v) is 3.75. The molecule has 6 heteroatoms. The summed E-state index contributed by atoms with van der Waals surface area (Å²) in [7, 11) is 0. The number of hydrogen-bond donors (Lipinski definition) is 2. The first-order chi connectivity index (χ1) is 11.7. The molecule has 1 aliphatic heterocycles. The highest BCUT2D eigenvalue weighted by Gasteiger charge is 2.25. The van der Waals surface area contributed by atoms with Gasteiger partial charge in [0.15, 0.2) is 11.6 Å². The third-order valence-corrected chi connectivity index (χ3v) is 5.21. The van der Waals surface area contributed by atoms with Crippen molar-refractivity contribution >= 4 is 24.1 Å². The van der Waals surface area contributed by atoms with Crippen molar-refractivity contribution in [3.05, 3.63) is 18.3 Å². The van der Waals surface area contributed by atoms with Crippen molar-refractivity contribution in [3.8, 4) is 5.75 Å². The van der Waals surface area contributed by atoms with Crippen LogP contribution in [-0.4, -0.2) is 30.1 Å². The van der Waals surface area contributed by atoms with Crippen molar-refractivity contribution < 1.29 is 9.53 Å². The van der Waals surface area contributed by atoms with Gasteiger partial charge in [-0.3, -0.25) is 4.79 Å². The minimum Gasteiger partial charge on any atom is -0.489 e. The number of amides is 1. The predicted molar refractivity (Wildman–Crippen MR) is 102 cm³/mol. The van der Waals surface area contributed by atoms with E-state index < -0.39 is 0 Å². The highest BCUT2D eigenvalue weighted by Crippen LogP contribution is 2.27. The van der Waals surface area contributed by atoms with Crippen LogP contribution in [0, 0.1) is 11.8 Å². The summed E-state index contributed by atoms with van der Waals surface area (Å²) in [6, 6.07) is 4.15. The Hall–Kier alpha value is -1.33. The molecule has 1 aliphatic carbocycles. The molecule has 5 nitrogen and oxygen atoms in total. The number of rotatable bonds is 5. The van der Waals surface area contributed by atoms with E-state index in [0.717, 1.165) is 26.0 Å². The predicted octanol–water partition coefficient (Wildman–Crippen LogP) is 3.79. The molecule has 0 spiro atoms. The lowest BCUT2D eigenvalue weighted by Crippen LogP contribution is -2.40. The molecule has 2 fully saturated rings. The highest BCUT2D eigenvalue weighted by molar-refractivity contribution is 5.93. The molecule has 0 aromatic carbocycles. The monoisotopic (exact) mass is 367 g/mol. The molecule has 0 unspecified atom stereocenters. The molecule has 1 aromatic heterocycles. The Morgan fingerprint density at radius 3 is 2.88 bits per heavy atom. The molecule has 0 bridgehead atoms. The van der Waals surface area contributed by atoms with E-state index in [1.165, 1.54) is 32.1 Å². The zero-order valence-corrected chi connectivity index (χ0v) is 15.8. The van der Waals surface area contributed by atoms with Crippen LogP contribution in [0.5, 0.6) is 5.75 Å². The molecule has 2 heterocycles. The molecule has 1 aromatic rings. The van der Waals surface area contributed by atoms with Gasteiger partial charge in [-0.1, -0.05) is 19.3 Å². The van der Waals surface area contributed by atoms with Gasteiger partial charge in [-0.15, -0.1) is 12.4 Å². The van der Waals surface area contributed by atoms with E-state index >= 15 is 0 Å². The summed E-state index contributed by atoms with van der Waals surface area (Å²) in [5, 5.41) is 6.36. The third-order valence-electron chi connectivity index (χ3n) is 5.21. The summed E-state index contributed by atoms with van der Waals surface area (Å²) < 4.78 is 6.00. The number of ether oxygens (including phenoxy) is 1. The van der Waals surface area contributed by atoms with Gasteiger partial charge in [0.25, 0.3) is 0 Å². The average molecular weight is 368 g/mol. The van der Waals surface area contributed by atoms with Crippen LogP contribution in [0.4, 0.5) is 5.82 Å². The van der Waals surface area contributed by atoms with E-state index in [2.05, 4.69) is 22.5 Å². The first kappa shape index (κ1) is 20.0. The first-order valence-electron chi connectivity index (χ1n) is 9.34. The minimum absolute atomic E-state index is 0. The Bertz CT molecular complexity index is 549. The van der Waals surface area contributed by atoms with Gasteiger partial charge in [0.1, 0.15) is 0 Å². The maximum absolute atomic E-state index is 12.5. The standard InChI is InChI=1S/C19H29N3O2.ClH/c1-14-12-16(9-11-20-14)19(23)22-18-17(8-5-10-21-18)24-13-15-6-3-2-4-7-15;/h5,8,10,14-16,20H,2-4,6-7,9,11-13H2,1H3,(H,21,22,23);1H/t14-,16-;/m0./s1. The zero-order valence-electron chi connectivity index (χ0n) is 15.0. The topological polar surface area (TPSA) is 63.2 Å². The number of nitrogens with zero attached hydrogens (tertiary/aromatic N) is 1. The molecule has 140 valence electrons. The van der Waals surface area contributed by atoms with E-state index in [9.17, 15) is 4.79 Å². The van der Waals surface area contributed by atoms with Crippen LogP contribution in [0.2, 0.25) is 0 Å². The van der Waals surface area contributed by atoms with Crippen molar-refractivity contribution in [2.75, 3.05) is 18.5 Å². The van der Waals surface area contributed by atoms with Crippen molar-refractivity contribution in [3.63, 3.8) is 0 Å². The number of carbonyl (C=O) groups excluding carboxylic acids is 1. The Labute approximate surface area is 156 Å². The number of hydrogen-bond acceptors (Lipinski definition) is 4. The summed E-state index contributed by atoms with van der Waals surface area (Å²) >= 11 is 0. The molecular weight excluding hydrogens is 338 g/mol. The van der Waals surface area contributed by atoms with E-state index in [1.54, 1.807) is 6.20 Å². The van der Waals surface area contributed by atoms with Crippen molar-refractivity contribution in [1.82, 2.24) is 10.3 Å². The van der Waals surface area contributed by atoms with Crippen molar-refractivity contribution in [2.24, 2.45) is 11.8 Å². The maximum atomic E-state index is 12.5. The Morgan fingerprint density at radius 2 is 2.12 bits per heavy atom. The molecule has 1 amide bonds. The smallest absolute Gasteiger partial charge is 0.228 e. The van der Waals surface area contributed by atoms with E-state index in [4.69, 9.17) is 4.74 Å². The average Bonchev–Trinajstić information content (AvgIpc) is 2.62. The Morgan fingerprint density at radius 1 is 1.32 bits per heavy atom. The van der Waals surface area contributed by atoms with Gasteiger partial charge in [-0.05, 0) is 57.2 Å². The van der Waals surface area contributed by atoms with E-state index in [0.29, 0.717) is 23.5 Å².